The standard InChI is InChI=1S/C15H18O3/c1-12(8-9-15(17)18-2)14(10-11-16)13-6-4-3-5-7-13/h3-9,11-12,14H,10H2,1-2H3/t12-,14-/m1/s1. The van der Waals surface area contributed by atoms with Crippen molar-refractivity contribution in [1.82, 2.24) is 0 Å². The number of aldehydes is 1. The molecule has 0 saturated heterocycles. The molecule has 18 heavy (non-hydrogen) atoms. The second kappa shape index (κ2) is 7.43. The van der Waals surface area contributed by atoms with Crippen LogP contribution in [0.2, 0.25) is 0 Å². The van der Waals surface area contributed by atoms with E-state index in [4.69, 9.17) is 0 Å². The normalized spacial score (nSPS) is 14.1. The highest BCUT2D eigenvalue weighted by Crippen LogP contribution is 2.28. The molecule has 0 amide bonds. The lowest BCUT2D eigenvalue weighted by Crippen LogP contribution is -2.09. The second-order valence-corrected chi connectivity index (χ2v) is 4.16. The molecule has 0 fully saturated rings. The highest BCUT2D eigenvalue weighted by Gasteiger charge is 2.16. The van der Waals surface area contributed by atoms with Crippen LogP contribution >= 0.6 is 0 Å². The Morgan fingerprint density at radius 2 is 2.00 bits per heavy atom. The minimum atomic E-state index is -0.375. The van der Waals surface area contributed by atoms with Crippen LogP contribution in [-0.2, 0) is 14.3 Å². The minimum Gasteiger partial charge on any atom is -0.466 e. The quantitative estimate of drug-likeness (QED) is 0.440. The van der Waals surface area contributed by atoms with Gasteiger partial charge in [0, 0.05) is 12.5 Å². The van der Waals surface area contributed by atoms with E-state index >= 15 is 0 Å². The maximum atomic E-state index is 11.1. The number of esters is 1. The minimum absolute atomic E-state index is 0.0876. The van der Waals surface area contributed by atoms with Gasteiger partial charge in [-0.15, -0.1) is 0 Å². The largest absolute Gasteiger partial charge is 0.466 e. The van der Waals surface area contributed by atoms with Gasteiger partial charge >= 0.3 is 5.97 Å². The molecule has 0 aliphatic rings. The number of carbonyl (C=O) groups excluding carboxylic acids is 2. The molecule has 96 valence electrons. The van der Waals surface area contributed by atoms with Crippen molar-refractivity contribution in [3.8, 4) is 0 Å². The van der Waals surface area contributed by atoms with E-state index < -0.39 is 0 Å². The van der Waals surface area contributed by atoms with Crippen LogP contribution < -0.4 is 0 Å². The zero-order valence-electron chi connectivity index (χ0n) is 10.7. The first kappa shape index (κ1) is 14.2. The van der Waals surface area contributed by atoms with Crippen molar-refractivity contribution in [2.45, 2.75) is 19.3 Å². The Balaban J connectivity index is 2.82. The van der Waals surface area contributed by atoms with Gasteiger partial charge < -0.3 is 9.53 Å². The first-order chi connectivity index (χ1) is 8.69. The molecule has 3 heteroatoms. The molecular weight excluding hydrogens is 228 g/mol. The van der Waals surface area contributed by atoms with Crippen LogP contribution in [0, 0.1) is 5.92 Å². The Morgan fingerprint density at radius 1 is 1.33 bits per heavy atom. The lowest BCUT2D eigenvalue weighted by Gasteiger charge is -2.19. The Morgan fingerprint density at radius 3 is 2.56 bits per heavy atom. The topological polar surface area (TPSA) is 43.4 Å². The van der Waals surface area contributed by atoms with Crippen LogP contribution in [0.4, 0.5) is 0 Å². The summed E-state index contributed by atoms with van der Waals surface area (Å²) in [6, 6.07) is 9.83. The molecule has 0 spiro atoms. The Hall–Kier alpha value is -1.90. The highest BCUT2D eigenvalue weighted by molar-refractivity contribution is 5.81. The van der Waals surface area contributed by atoms with Crippen LogP contribution in [-0.4, -0.2) is 19.4 Å². The average Bonchev–Trinajstić information content (AvgIpc) is 2.42. The Labute approximate surface area is 107 Å². The van der Waals surface area contributed by atoms with Crippen molar-refractivity contribution in [3.05, 3.63) is 48.0 Å². The lowest BCUT2D eigenvalue weighted by molar-refractivity contribution is -0.134. The maximum absolute atomic E-state index is 11.1. The van der Waals surface area contributed by atoms with Gasteiger partial charge in [-0.2, -0.15) is 0 Å². The number of rotatable bonds is 6. The molecule has 3 nitrogen and oxygen atoms in total. The number of methoxy groups -OCH3 is 1. The third kappa shape index (κ3) is 4.17. The monoisotopic (exact) mass is 246 g/mol. The predicted molar refractivity (Wildman–Crippen MR) is 70.2 cm³/mol. The number of carbonyl (C=O) groups is 2. The van der Waals surface area contributed by atoms with Crippen molar-refractivity contribution in [1.29, 1.82) is 0 Å². The van der Waals surface area contributed by atoms with Gasteiger partial charge in [-0.1, -0.05) is 43.3 Å². The molecule has 0 radical (unpaired) electrons. The fraction of sp³-hybridized carbons (Fsp3) is 0.333. The lowest BCUT2D eigenvalue weighted by atomic mass is 9.85. The highest BCUT2D eigenvalue weighted by atomic mass is 16.5. The summed E-state index contributed by atoms with van der Waals surface area (Å²) in [7, 11) is 1.34. The van der Waals surface area contributed by atoms with Crippen LogP contribution in [0.5, 0.6) is 0 Å². The number of ether oxygens (including phenoxy) is 1. The molecule has 0 aromatic heterocycles. The van der Waals surface area contributed by atoms with Crippen molar-refractivity contribution in [3.63, 3.8) is 0 Å². The Kier molecular flexibility index (Phi) is 5.85. The van der Waals surface area contributed by atoms with Crippen LogP contribution in [0.25, 0.3) is 0 Å². The van der Waals surface area contributed by atoms with Gasteiger partial charge in [0.15, 0.2) is 0 Å². The molecule has 0 aliphatic carbocycles. The summed E-state index contributed by atoms with van der Waals surface area (Å²) in [6.45, 7) is 1.99. The van der Waals surface area contributed by atoms with E-state index in [1.807, 2.05) is 37.3 Å². The number of benzene rings is 1. The van der Waals surface area contributed by atoms with Gasteiger partial charge in [0.25, 0.3) is 0 Å². The van der Waals surface area contributed by atoms with Crippen molar-refractivity contribution in [2.24, 2.45) is 5.92 Å². The first-order valence-corrected chi connectivity index (χ1v) is 5.93. The van der Waals surface area contributed by atoms with E-state index in [1.165, 1.54) is 13.2 Å². The third-order valence-corrected chi connectivity index (χ3v) is 2.95. The molecule has 0 bridgehead atoms. The molecule has 0 N–H and O–H groups in total. The van der Waals surface area contributed by atoms with Crippen LogP contribution in [0.15, 0.2) is 42.5 Å². The third-order valence-electron chi connectivity index (χ3n) is 2.95. The summed E-state index contributed by atoms with van der Waals surface area (Å²) in [4.78, 5) is 21.8. The van der Waals surface area contributed by atoms with Crippen LogP contribution in [0.3, 0.4) is 0 Å². The predicted octanol–water partition coefficient (Wildman–Crippen LogP) is 2.72. The molecular formula is C15H18O3. The van der Waals surface area contributed by atoms with E-state index in [9.17, 15) is 9.59 Å². The van der Waals surface area contributed by atoms with Gasteiger partial charge in [0.1, 0.15) is 6.29 Å². The van der Waals surface area contributed by atoms with Gasteiger partial charge in [0.2, 0.25) is 0 Å². The van der Waals surface area contributed by atoms with E-state index in [0.29, 0.717) is 6.42 Å². The van der Waals surface area contributed by atoms with E-state index in [0.717, 1.165) is 11.8 Å². The molecule has 0 heterocycles. The average molecular weight is 246 g/mol. The molecule has 0 saturated carbocycles. The second-order valence-electron chi connectivity index (χ2n) is 4.16. The van der Waals surface area contributed by atoms with Gasteiger partial charge in [-0.3, -0.25) is 0 Å². The molecule has 1 aromatic carbocycles. The molecule has 0 aliphatic heterocycles. The number of allylic oxidation sites excluding steroid dienone is 1. The van der Waals surface area contributed by atoms with E-state index in [-0.39, 0.29) is 17.8 Å². The summed E-state index contributed by atoms with van der Waals surface area (Å²) >= 11 is 0. The smallest absolute Gasteiger partial charge is 0.330 e. The van der Waals surface area contributed by atoms with Gasteiger partial charge in [-0.05, 0) is 17.4 Å². The number of hydrogen-bond donors (Lipinski definition) is 0. The number of hydrogen-bond acceptors (Lipinski definition) is 3. The zero-order chi connectivity index (χ0) is 13.4. The molecule has 0 unspecified atom stereocenters. The first-order valence-electron chi connectivity index (χ1n) is 5.93. The van der Waals surface area contributed by atoms with Crippen molar-refractivity contribution < 1.29 is 14.3 Å². The summed E-state index contributed by atoms with van der Waals surface area (Å²) in [5.74, 6) is -0.193. The maximum Gasteiger partial charge on any atom is 0.330 e. The zero-order valence-corrected chi connectivity index (χ0v) is 10.7. The Bertz CT molecular complexity index is 409. The SMILES string of the molecule is COC(=O)C=C[C@@H](C)[C@@H](CC=O)c1ccccc1. The van der Waals surface area contributed by atoms with Crippen molar-refractivity contribution >= 4 is 12.3 Å². The summed E-state index contributed by atoms with van der Waals surface area (Å²) < 4.78 is 4.55. The molecule has 1 rings (SSSR count). The van der Waals surface area contributed by atoms with E-state index in [1.54, 1.807) is 6.08 Å². The molecule has 1 aromatic rings. The fourth-order valence-corrected chi connectivity index (χ4v) is 1.89. The van der Waals surface area contributed by atoms with Gasteiger partial charge in [0.05, 0.1) is 7.11 Å². The van der Waals surface area contributed by atoms with E-state index in [2.05, 4.69) is 4.74 Å². The summed E-state index contributed by atoms with van der Waals surface area (Å²) in [5.41, 5.74) is 1.10. The summed E-state index contributed by atoms with van der Waals surface area (Å²) in [6.07, 6.45) is 4.55. The summed E-state index contributed by atoms with van der Waals surface area (Å²) in [5, 5.41) is 0. The molecule has 2 atom stereocenters. The van der Waals surface area contributed by atoms with Crippen LogP contribution in [0.1, 0.15) is 24.8 Å². The van der Waals surface area contributed by atoms with Gasteiger partial charge in [-0.25, -0.2) is 4.79 Å². The van der Waals surface area contributed by atoms with Crippen molar-refractivity contribution in [2.75, 3.05) is 7.11 Å². The fourth-order valence-electron chi connectivity index (χ4n) is 1.89.